The highest BCUT2D eigenvalue weighted by Gasteiger charge is 2.21. The maximum atomic E-state index is 12.6. The molecule has 0 atom stereocenters. The first-order valence-electron chi connectivity index (χ1n) is 7.17. The minimum Gasteiger partial charge on any atom is -0.398 e. The number of benzene rings is 1. The number of methoxy groups -OCH3 is 1. The van der Waals surface area contributed by atoms with Gasteiger partial charge in [-0.3, -0.25) is 9.69 Å². The first kappa shape index (κ1) is 16.3. The molecule has 1 heterocycles. The van der Waals surface area contributed by atoms with Crippen molar-refractivity contribution in [2.24, 2.45) is 0 Å². The Morgan fingerprint density at radius 3 is 2.86 bits per heavy atom. The summed E-state index contributed by atoms with van der Waals surface area (Å²) in [4.78, 5) is 16.8. The molecule has 0 bridgehead atoms. The Morgan fingerprint density at radius 1 is 1.33 bits per heavy atom. The van der Waals surface area contributed by atoms with Gasteiger partial charge in [-0.1, -0.05) is 15.9 Å². The van der Waals surface area contributed by atoms with E-state index in [1.807, 2.05) is 11.0 Å². The molecular formula is C15H22BrN3O2. The number of carbonyl (C=O) groups is 1. The van der Waals surface area contributed by atoms with Gasteiger partial charge in [0.05, 0.1) is 12.2 Å². The summed E-state index contributed by atoms with van der Waals surface area (Å²) >= 11 is 3.36. The third-order valence-corrected chi connectivity index (χ3v) is 4.22. The molecule has 0 radical (unpaired) electrons. The van der Waals surface area contributed by atoms with E-state index in [4.69, 9.17) is 10.5 Å². The molecule has 5 nitrogen and oxygen atoms in total. The van der Waals surface area contributed by atoms with Gasteiger partial charge in [0.2, 0.25) is 0 Å². The number of anilines is 1. The second kappa shape index (κ2) is 7.77. The number of ether oxygens (including phenoxy) is 1. The Morgan fingerprint density at radius 2 is 2.14 bits per heavy atom. The summed E-state index contributed by atoms with van der Waals surface area (Å²) in [6.07, 6.45) is 0.978. The van der Waals surface area contributed by atoms with E-state index < -0.39 is 0 Å². The van der Waals surface area contributed by atoms with Crippen molar-refractivity contribution in [3.05, 3.63) is 28.2 Å². The Kier molecular flexibility index (Phi) is 6.02. The summed E-state index contributed by atoms with van der Waals surface area (Å²) in [6.45, 7) is 5.04. The van der Waals surface area contributed by atoms with E-state index in [0.717, 1.165) is 50.2 Å². The molecule has 1 aliphatic heterocycles. The topological polar surface area (TPSA) is 58.8 Å². The molecule has 2 N–H and O–H groups in total. The zero-order valence-corrected chi connectivity index (χ0v) is 13.9. The molecule has 6 heteroatoms. The SMILES string of the molecule is COCCN1CCCN(C(=O)c2ccc(Br)cc2N)CC1. The van der Waals surface area contributed by atoms with Gasteiger partial charge in [-0.05, 0) is 31.2 Å². The van der Waals surface area contributed by atoms with Crippen LogP contribution in [0.3, 0.4) is 0 Å². The lowest BCUT2D eigenvalue weighted by atomic mass is 10.1. The van der Waals surface area contributed by atoms with Crippen molar-refractivity contribution in [3.63, 3.8) is 0 Å². The van der Waals surface area contributed by atoms with Crippen LogP contribution in [-0.4, -0.2) is 62.1 Å². The van der Waals surface area contributed by atoms with Gasteiger partial charge in [-0.2, -0.15) is 0 Å². The Hall–Kier alpha value is -1.11. The number of nitrogens with zero attached hydrogens (tertiary/aromatic N) is 2. The minimum atomic E-state index is 0.0218. The third kappa shape index (κ3) is 4.43. The van der Waals surface area contributed by atoms with Crippen LogP contribution in [0.4, 0.5) is 5.69 Å². The molecule has 116 valence electrons. The molecule has 2 rings (SSSR count). The van der Waals surface area contributed by atoms with Gasteiger partial charge in [0.1, 0.15) is 0 Å². The number of nitrogen functional groups attached to an aromatic ring is 1. The molecule has 21 heavy (non-hydrogen) atoms. The van der Waals surface area contributed by atoms with Crippen molar-refractivity contribution in [2.75, 3.05) is 52.2 Å². The second-order valence-corrected chi connectivity index (χ2v) is 6.13. The fourth-order valence-electron chi connectivity index (χ4n) is 2.52. The fourth-order valence-corrected chi connectivity index (χ4v) is 2.90. The van der Waals surface area contributed by atoms with E-state index >= 15 is 0 Å². The molecule has 0 aromatic heterocycles. The van der Waals surface area contributed by atoms with Crippen LogP contribution >= 0.6 is 15.9 Å². The lowest BCUT2D eigenvalue weighted by molar-refractivity contribution is 0.0760. The highest BCUT2D eigenvalue weighted by molar-refractivity contribution is 9.10. The predicted molar refractivity (Wildman–Crippen MR) is 87.4 cm³/mol. The zero-order valence-electron chi connectivity index (χ0n) is 12.3. The first-order valence-corrected chi connectivity index (χ1v) is 7.96. The van der Waals surface area contributed by atoms with Crippen molar-refractivity contribution >= 4 is 27.5 Å². The van der Waals surface area contributed by atoms with E-state index in [1.165, 1.54) is 0 Å². The van der Waals surface area contributed by atoms with Crippen LogP contribution in [0, 0.1) is 0 Å². The lowest BCUT2D eigenvalue weighted by Gasteiger charge is -2.22. The van der Waals surface area contributed by atoms with Gasteiger partial charge in [-0.25, -0.2) is 0 Å². The van der Waals surface area contributed by atoms with Crippen LogP contribution in [-0.2, 0) is 4.74 Å². The van der Waals surface area contributed by atoms with Gasteiger partial charge in [0.15, 0.2) is 0 Å². The number of halogens is 1. The van der Waals surface area contributed by atoms with Crippen molar-refractivity contribution < 1.29 is 9.53 Å². The third-order valence-electron chi connectivity index (χ3n) is 3.73. The Bertz CT molecular complexity index is 496. The highest BCUT2D eigenvalue weighted by atomic mass is 79.9. The summed E-state index contributed by atoms with van der Waals surface area (Å²) in [5, 5.41) is 0. The van der Waals surface area contributed by atoms with Crippen LogP contribution in [0.5, 0.6) is 0 Å². The van der Waals surface area contributed by atoms with E-state index in [9.17, 15) is 4.79 Å². The van der Waals surface area contributed by atoms with Crippen molar-refractivity contribution in [3.8, 4) is 0 Å². The average molecular weight is 356 g/mol. The minimum absolute atomic E-state index is 0.0218. The summed E-state index contributed by atoms with van der Waals surface area (Å²) < 4.78 is 6.00. The van der Waals surface area contributed by atoms with Gasteiger partial charge in [0, 0.05) is 43.4 Å². The van der Waals surface area contributed by atoms with Gasteiger partial charge < -0.3 is 15.4 Å². The molecule has 0 aliphatic carbocycles. The molecule has 1 aromatic rings. The summed E-state index contributed by atoms with van der Waals surface area (Å²) in [6, 6.07) is 5.41. The number of carbonyl (C=O) groups excluding carboxylic acids is 1. The number of nitrogens with two attached hydrogens (primary N) is 1. The second-order valence-electron chi connectivity index (χ2n) is 5.21. The molecule has 1 amide bonds. The lowest BCUT2D eigenvalue weighted by Crippen LogP contribution is -2.36. The van der Waals surface area contributed by atoms with Crippen molar-refractivity contribution in [2.45, 2.75) is 6.42 Å². The van der Waals surface area contributed by atoms with Crippen LogP contribution in [0.15, 0.2) is 22.7 Å². The van der Waals surface area contributed by atoms with Crippen molar-refractivity contribution in [1.29, 1.82) is 0 Å². The number of amides is 1. The van der Waals surface area contributed by atoms with Crippen molar-refractivity contribution in [1.82, 2.24) is 9.80 Å². The molecule has 0 saturated carbocycles. The summed E-state index contributed by atoms with van der Waals surface area (Å²) in [7, 11) is 1.71. The van der Waals surface area contributed by atoms with E-state index in [0.29, 0.717) is 11.3 Å². The molecule has 0 spiro atoms. The monoisotopic (exact) mass is 355 g/mol. The molecule has 1 aliphatic rings. The Balaban J connectivity index is 1.99. The van der Waals surface area contributed by atoms with Gasteiger partial charge >= 0.3 is 0 Å². The van der Waals surface area contributed by atoms with Crippen LogP contribution in [0.1, 0.15) is 16.8 Å². The van der Waals surface area contributed by atoms with Crippen LogP contribution < -0.4 is 5.73 Å². The van der Waals surface area contributed by atoms with Crippen LogP contribution in [0.2, 0.25) is 0 Å². The fraction of sp³-hybridized carbons (Fsp3) is 0.533. The number of rotatable bonds is 4. The zero-order chi connectivity index (χ0) is 15.2. The molecular weight excluding hydrogens is 334 g/mol. The predicted octanol–water partition coefficient (Wildman–Crippen LogP) is 1.83. The van der Waals surface area contributed by atoms with E-state index in [-0.39, 0.29) is 5.91 Å². The number of hydrogen-bond acceptors (Lipinski definition) is 4. The van der Waals surface area contributed by atoms with E-state index in [1.54, 1.807) is 19.2 Å². The maximum absolute atomic E-state index is 12.6. The summed E-state index contributed by atoms with van der Waals surface area (Å²) in [5.74, 6) is 0.0218. The van der Waals surface area contributed by atoms with E-state index in [2.05, 4.69) is 20.8 Å². The maximum Gasteiger partial charge on any atom is 0.255 e. The summed E-state index contributed by atoms with van der Waals surface area (Å²) in [5.41, 5.74) is 7.07. The van der Waals surface area contributed by atoms with Gasteiger partial charge in [0.25, 0.3) is 5.91 Å². The number of hydrogen-bond donors (Lipinski definition) is 1. The molecule has 1 aromatic carbocycles. The first-order chi connectivity index (χ1) is 10.1. The van der Waals surface area contributed by atoms with Gasteiger partial charge in [-0.15, -0.1) is 0 Å². The molecule has 1 fully saturated rings. The average Bonchev–Trinajstić information content (AvgIpc) is 2.70. The quantitative estimate of drug-likeness (QED) is 0.837. The normalized spacial score (nSPS) is 16.8. The van der Waals surface area contributed by atoms with Crippen LogP contribution in [0.25, 0.3) is 0 Å². The Labute approximate surface area is 134 Å². The largest absolute Gasteiger partial charge is 0.398 e. The standard InChI is InChI=1S/C15H22BrN3O2/c1-21-10-9-18-5-2-6-19(8-7-18)15(20)13-4-3-12(16)11-14(13)17/h3-4,11H,2,5-10,17H2,1H3. The molecule has 0 unspecified atom stereocenters. The molecule has 1 saturated heterocycles. The smallest absolute Gasteiger partial charge is 0.255 e. The highest BCUT2D eigenvalue weighted by Crippen LogP contribution is 2.20.